The second-order valence-corrected chi connectivity index (χ2v) is 6.07. The predicted octanol–water partition coefficient (Wildman–Crippen LogP) is 2.37. The van der Waals surface area contributed by atoms with Crippen molar-refractivity contribution < 1.29 is 4.79 Å². The zero-order valence-corrected chi connectivity index (χ0v) is 15.1. The van der Waals surface area contributed by atoms with Gasteiger partial charge in [0.2, 0.25) is 5.91 Å². The molecule has 1 amide bonds. The van der Waals surface area contributed by atoms with E-state index in [1.807, 2.05) is 6.92 Å². The van der Waals surface area contributed by atoms with E-state index >= 15 is 0 Å². The highest BCUT2D eigenvalue weighted by atomic mass is 35.5. The number of nitrogens with two attached hydrogens (primary N) is 1. The third kappa shape index (κ3) is 6.79. The lowest BCUT2D eigenvalue weighted by atomic mass is 10.1. The first-order valence-electron chi connectivity index (χ1n) is 7.95. The maximum atomic E-state index is 11.8. The molecule has 6 heteroatoms. The molecule has 1 rings (SSSR count). The van der Waals surface area contributed by atoms with Crippen molar-refractivity contribution in [2.75, 3.05) is 13.1 Å². The normalized spacial score (nSPS) is 10.6. The molecule has 0 aliphatic heterocycles. The van der Waals surface area contributed by atoms with Crippen LogP contribution in [0.5, 0.6) is 0 Å². The molecule has 1 heterocycles. The molecule has 1 aromatic rings. The van der Waals surface area contributed by atoms with Crippen LogP contribution in [0.3, 0.4) is 0 Å². The predicted molar refractivity (Wildman–Crippen MR) is 93.4 cm³/mol. The van der Waals surface area contributed by atoms with Crippen LogP contribution in [0.2, 0.25) is 0 Å². The minimum Gasteiger partial charge on any atom is -0.356 e. The fourth-order valence-corrected chi connectivity index (χ4v) is 2.44. The maximum Gasteiger partial charge on any atom is 0.220 e. The van der Waals surface area contributed by atoms with E-state index in [2.05, 4.69) is 35.9 Å². The van der Waals surface area contributed by atoms with E-state index in [4.69, 9.17) is 5.73 Å². The topological polar surface area (TPSA) is 72.9 Å². The summed E-state index contributed by atoms with van der Waals surface area (Å²) in [5.74, 6) is 0.684. The molecule has 5 nitrogen and oxygen atoms in total. The van der Waals surface area contributed by atoms with Crippen LogP contribution < -0.4 is 11.1 Å². The van der Waals surface area contributed by atoms with Crippen LogP contribution in [0.1, 0.15) is 50.1 Å². The van der Waals surface area contributed by atoms with E-state index in [1.54, 1.807) is 0 Å². The molecule has 128 valence electrons. The summed E-state index contributed by atoms with van der Waals surface area (Å²) in [6.07, 6.45) is 3.20. The van der Waals surface area contributed by atoms with Gasteiger partial charge in [0.05, 0.1) is 5.69 Å². The lowest BCUT2D eigenvalue weighted by Crippen LogP contribution is -2.25. The average Bonchev–Trinajstić information content (AvgIpc) is 2.67. The Balaban J connectivity index is 0.00000441. The number of hydrogen-bond donors (Lipinski definition) is 2. The summed E-state index contributed by atoms with van der Waals surface area (Å²) >= 11 is 0. The number of aromatic nitrogens is 2. The van der Waals surface area contributed by atoms with Gasteiger partial charge < -0.3 is 11.1 Å². The third-order valence-electron chi connectivity index (χ3n) is 3.62. The molecule has 0 bridgehead atoms. The first-order chi connectivity index (χ1) is 9.95. The number of carbonyl (C=O) groups is 1. The van der Waals surface area contributed by atoms with Gasteiger partial charge >= 0.3 is 0 Å². The lowest BCUT2D eigenvalue weighted by molar-refractivity contribution is -0.121. The highest BCUT2D eigenvalue weighted by Gasteiger charge is 2.13. The summed E-state index contributed by atoms with van der Waals surface area (Å²) in [5, 5.41) is 7.53. The van der Waals surface area contributed by atoms with Crippen molar-refractivity contribution in [1.82, 2.24) is 15.1 Å². The van der Waals surface area contributed by atoms with Crippen molar-refractivity contribution in [1.29, 1.82) is 0 Å². The molecule has 0 spiro atoms. The fraction of sp³-hybridized carbons (Fsp3) is 0.750. The van der Waals surface area contributed by atoms with Crippen LogP contribution >= 0.6 is 12.4 Å². The van der Waals surface area contributed by atoms with Gasteiger partial charge in [-0.15, -0.1) is 12.4 Å². The number of unbranched alkanes of at least 4 members (excludes halogenated alkanes) is 1. The number of nitrogens with one attached hydrogen (secondary N) is 1. The van der Waals surface area contributed by atoms with Gasteiger partial charge in [-0.05, 0) is 51.1 Å². The number of carbonyl (C=O) groups excluding carboxylic acids is 1. The van der Waals surface area contributed by atoms with Crippen molar-refractivity contribution in [3.8, 4) is 0 Å². The van der Waals surface area contributed by atoms with E-state index < -0.39 is 0 Å². The zero-order chi connectivity index (χ0) is 15.8. The number of aryl methyl sites for hydroxylation is 1. The fourth-order valence-electron chi connectivity index (χ4n) is 2.44. The van der Waals surface area contributed by atoms with Gasteiger partial charge in [0, 0.05) is 25.2 Å². The highest BCUT2D eigenvalue weighted by molar-refractivity contribution is 5.85. The summed E-state index contributed by atoms with van der Waals surface area (Å²) in [5.41, 5.74) is 8.88. The van der Waals surface area contributed by atoms with E-state index in [0.29, 0.717) is 18.9 Å². The van der Waals surface area contributed by atoms with Crippen molar-refractivity contribution >= 4 is 18.3 Å². The summed E-state index contributed by atoms with van der Waals surface area (Å²) in [6.45, 7) is 10.8. The van der Waals surface area contributed by atoms with Gasteiger partial charge in [-0.3, -0.25) is 9.48 Å². The molecule has 0 saturated carbocycles. The Bertz CT molecular complexity index is 457. The van der Waals surface area contributed by atoms with Crippen molar-refractivity contribution in [2.45, 2.75) is 59.9 Å². The van der Waals surface area contributed by atoms with Crippen LogP contribution in [0, 0.1) is 19.8 Å². The van der Waals surface area contributed by atoms with Gasteiger partial charge in [0.25, 0.3) is 0 Å². The van der Waals surface area contributed by atoms with Crippen molar-refractivity contribution in [3.05, 3.63) is 17.0 Å². The van der Waals surface area contributed by atoms with Gasteiger partial charge in [0.1, 0.15) is 0 Å². The molecule has 0 radical (unpaired) electrons. The molecule has 0 aliphatic rings. The Hall–Kier alpha value is -1.07. The van der Waals surface area contributed by atoms with Gasteiger partial charge in [0.15, 0.2) is 0 Å². The third-order valence-corrected chi connectivity index (χ3v) is 3.62. The minimum atomic E-state index is 0. The first-order valence-corrected chi connectivity index (χ1v) is 7.95. The van der Waals surface area contributed by atoms with Crippen LogP contribution in [0.15, 0.2) is 0 Å². The molecule has 0 saturated heterocycles. The second-order valence-electron chi connectivity index (χ2n) is 6.07. The van der Waals surface area contributed by atoms with Gasteiger partial charge in [-0.25, -0.2) is 0 Å². The number of amides is 1. The van der Waals surface area contributed by atoms with Crippen molar-refractivity contribution in [3.63, 3.8) is 0 Å². The van der Waals surface area contributed by atoms with E-state index in [0.717, 1.165) is 38.0 Å². The van der Waals surface area contributed by atoms with Crippen molar-refractivity contribution in [2.24, 2.45) is 11.7 Å². The zero-order valence-electron chi connectivity index (χ0n) is 14.3. The molecule has 0 aliphatic carbocycles. The quantitative estimate of drug-likeness (QED) is 0.683. The number of halogens is 1. The highest BCUT2D eigenvalue weighted by Crippen LogP contribution is 2.16. The molecule has 1 aromatic heterocycles. The molecule has 0 fully saturated rings. The lowest BCUT2D eigenvalue weighted by Gasteiger charge is -2.08. The second kappa shape index (κ2) is 10.6. The van der Waals surface area contributed by atoms with E-state index in [9.17, 15) is 4.79 Å². The number of rotatable bonds is 9. The number of hydrogen-bond acceptors (Lipinski definition) is 3. The first kappa shape index (κ1) is 20.9. The SMILES string of the molecule is Cc1nn(CC(C)C)c(C)c1CCC(=O)NCCCCN.Cl. The maximum absolute atomic E-state index is 11.8. The largest absolute Gasteiger partial charge is 0.356 e. The van der Waals surface area contributed by atoms with Crippen LogP contribution in [-0.4, -0.2) is 28.8 Å². The Labute approximate surface area is 140 Å². The van der Waals surface area contributed by atoms with E-state index in [1.165, 1.54) is 11.3 Å². The number of nitrogens with zero attached hydrogens (tertiary/aromatic N) is 2. The molecule has 0 unspecified atom stereocenters. The Kier molecular flexibility index (Phi) is 10.1. The summed E-state index contributed by atoms with van der Waals surface area (Å²) in [7, 11) is 0. The Morgan fingerprint density at radius 3 is 2.59 bits per heavy atom. The molecular weight excluding hydrogens is 300 g/mol. The smallest absolute Gasteiger partial charge is 0.220 e. The summed E-state index contributed by atoms with van der Waals surface area (Å²) in [6, 6.07) is 0. The van der Waals surface area contributed by atoms with Crippen LogP contribution in [0.4, 0.5) is 0 Å². The molecule has 22 heavy (non-hydrogen) atoms. The summed E-state index contributed by atoms with van der Waals surface area (Å²) in [4.78, 5) is 11.8. The molecule has 3 N–H and O–H groups in total. The minimum absolute atomic E-state index is 0. The Morgan fingerprint density at radius 1 is 1.32 bits per heavy atom. The monoisotopic (exact) mass is 330 g/mol. The van der Waals surface area contributed by atoms with Gasteiger partial charge in [-0.1, -0.05) is 13.8 Å². The average molecular weight is 331 g/mol. The van der Waals surface area contributed by atoms with E-state index in [-0.39, 0.29) is 18.3 Å². The standard InChI is InChI=1S/C16H30N4O.ClH/c1-12(2)11-20-14(4)15(13(3)19-20)7-8-16(21)18-10-6-5-9-17;/h12H,5-11,17H2,1-4H3,(H,18,21);1H. The molecule has 0 atom stereocenters. The molecular formula is C16H31ClN4O. The summed E-state index contributed by atoms with van der Waals surface area (Å²) < 4.78 is 2.06. The van der Waals surface area contributed by atoms with Crippen LogP contribution in [-0.2, 0) is 17.8 Å². The Morgan fingerprint density at radius 2 is 2.00 bits per heavy atom. The van der Waals surface area contributed by atoms with Gasteiger partial charge in [-0.2, -0.15) is 5.10 Å². The molecule has 0 aromatic carbocycles. The van der Waals surface area contributed by atoms with Crippen LogP contribution in [0.25, 0.3) is 0 Å².